The number of thiophene rings is 1. The van der Waals surface area contributed by atoms with E-state index in [9.17, 15) is 4.79 Å². The molecule has 150 valence electrons. The number of rotatable bonds is 4. The van der Waals surface area contributed by atoms with Gasteiger partial charge in [-0.25, -0.2) is 0 Å². The molecule has 0 radical (unpaired) electrons. The SMILES string of the molecule is CN(C)c1ccc(-c2ccc(=O)n3c2[C@@H]2C[C@@H](CN(Cc4cccs4)C2)C3)cc1. The summed E-state index contributed by atoms with van der Waals surface area (Å²) in [4.78, 5) is 18.8. The number of hydrogen-bond donors (Lipinski definition) is 0. The van der Waals surface area contributed by atoms with E-state index in [1.807, 2.05) is 17.4 Å². The smallest absolute Gasteiger partial charge is 0.250 e. The summed E-state index contributed by atoms with van der Waals surface area (Å²) in [6.45, 7) is 3.98. The number of pyridine rings is 1. The molecule has 0 aliphatic carbocycles. The Hall–Kier alpha value is -2.37. The van der Waals surface area contributed by atoms with Crippen LogP contribution < -0.4 is 10.5 Å². The maximum Gasteiger partial charge on any atom is 0.250 e. The lowest BCUT2D eigenvalue weighted by Gasteiger charge is -2.43. The van der Waals surface area contributed by atoms with Crippen molar-refractivity contribution in [1.29, 1.82) is 0 Å². The molecule has 1 saturated heterocycles. The molecule has 4 nitrogen and oxygen atoms in total. The van der Waals surface area contributed by atoms with Gasteiger partial charge in [-0.3, -0.25) is 9.69 Å². The van der Waals surface area contributed by atoms with Crippen molar-refractivity contribution in [3.8, 4) is 11.1 Å². The van der Waals surface area contributed by atoms with Crippen LogP contribution in [0.2, 0.25) is 0 Å². The molecular formula is C24H27N3OS. The fraction of sp³-hybridized carbons (Fsp3) is 0.375. The fourth-order valence-electron chi connectivity index (χ4n) is 5.05. The minimum absolute atomic E-state index is 0.148. The second-order valence-corrected chi connectivity index (χ2v) is 9.63. The predicted molar refractivity (Wildman–Crippen MR) is 121 cm³/mol. The average Bonchev–Trinajstić information content (AvgIpc) is 3.22. The third-order valence-corrected chi connectivity index (χ3v) is 7.18. The molecule has 2 aliphatic heterocycles. The standard InChI is InChI=1S/C24H27N3OS/c1-25(2)20-7-5-18(6-8-20)22-9-10-23(28)27-14-17-12-19(24(22)27)15-26(13-17)16-21-4-3-11-29-21/h3-11,17,19H,12-16H2,1-2H3/t17-,19+/m0/s1. The maximum absolute atomic E-state index is 12.7. The number of anilines is 1. The lowest BCUT2D eigenvalue weighted by molar-refractivity contribution is 0.115. The van der Waals surface area contributed by atoms with Crippen LogP contribution in [0, 0.1) is 5.92 Å². The first-order valence-electron chi connectivity index (χ1n) is 10.3. The van der Waals surface area contributed by atoms with Crippen LogP contribution in [0.5, 0.6) is 0 Å². The van der Waals surface area contributed by atoms with Crippen molar-refractivity contribution in [3.05, 3.63) is 74.8 Å². The van der Waals surface area contributed by atoms with Crippen LogP contribution in [0.25, 0.3) is 11.1 Å². The molecule has 29 heavy (non-hydrogen) atoms. The number of hydrogen-bond acceptors (Lipinski definition) is 4. The number of likely N-dealkylation sites (tertiary alicyclic amines) is 1. The van der Waals surface area contributed by atoms with E-state index in [0.717, 1.165) is 26.2 Å². The predicted octanol–water partition coefficient (Wildman–Crippen LogP) is 4.26. The molecule has 0 N–H and O–H groups in total. The minimum Gasteiger partial charge on any atom is -0.378 e. The van der Waals surface area contributed by atoms with Crippen LogP contribution in [-0.2, 0) is 13.1 Å². The summed E-state index contributed by atoms with van der Waals surface area (Å²) in [6, 6.07) is 16.9. The Morgan fingerprint density at radius 1 is 1.03 bits per heavy atom. The molecule has 2 atom stereocenters. The van der Waals surface area contributed by atoms with E-state index in [4.69, 9.17) is 0 Å². The van der Waals surface area contributed by atoms with Crippen LogP contribution in [0.3, 0.4) is 0 Å². The van der Waals surface area contributed by atoms with Crippen molar-refractivity contribution >= 4 is 17.0 Å². The second-order valence-electron chi connectivity index (χ2n) is 8.59. The Labute approximate surface area is 176 Å². The van der Waals surface area contributed by atoms with Gasteiger partial charge in [0.25, 0.3) is 5.56 Å². The van der Waals surface area contributed by atoms with Crippen molar-refractivity contribution in [1.82, 2.24) is 9.47 Å². The molecule has 2 aliphatic rings. The van der Waals surface area contributed by atoms with Gasteiger partial charge in [-0.2, -0.15) is 0 Å². The quantitative estimate of drug-likeness (QED) is 0.649. The zero-order valence-corrected chi connectivity index (χ0v) is 17.9. The summed E-state index contributed by atoms with van der Waals surface area (Å²) in [6.07, 6.45) is 1.19. The summed E-state index contributed by atoms with van der Waals surface area (Å²) in [5.41, 5.74) is 5.00. The van der Waals surface area contributed by atoms with Crippen molar-refractivity contribution in [2.75, 3.05) is 32.1 Å². The van der Waals surface area contributed by atoms with Crippen molar-refractivity contribution in [2.24, 2.45) is 5.92 Å². The third kappa shape index (κ3) is 3.53. The van der Waals surface area contributed by atoms with Gasteiger partial charge in [0.15, 0.2) is 0 Å². The topological polar surface area (TPSA) is 28.5 Å². The molecule has 2 aromatic heterocycles. The molecule has 4 heterocycles. The minimum atomic E-state index is 0.148. The van der Waals surface area contributed by atoms with Crippen molar-refractivity contribution < 1.29 is 0 Å². The lowest BCUT2D eigenvalue weighted by Crippen LogP contribution is -2.46. The fourth-order valence-corrected chi connectivity index (χ4v) is 5.80. The highest BCUT2D eigenvalue weighted by atomic mass is 32.1. The second kappa shape index (κ2) is 7.47. The average molecular weight is 406 g/mol. The summed E-state index contributed by atoms with van der Waals surface area (Å²) >= 11 is 1.84. The molecule has 5 heteroatoms. The molecule has 5 rings (SSSR count). The van der Waals surface area contributed by atoms with E-state index in [1.54, 1.807) is 6.07 Å². The summed E-state index contributed by atoms with van der Waals surface area (Å²) in [5, 5.41) is 2.16. The van der Waals surface area contributed by atoms with Gasteiger partial charge in [0.2, 0.25) is 0 Å². The normalized spacial score (nSPS) is 21.0. The first kappa shape index (κ1) is 18.6. The zero-order chi connectivity index (χ0) is 20.0. The Kier molecular flexibility index (Phi) is 4.80. The van der Waals surface area contributed by atoms with Gasteiger partial charge >= 0.3 is 0 Å². The summed E-state index contributed by atoms with van der Waals surface area (Å²) in [5.74, 6) is 0.977. The van der Waals surface area contributed by atoms with Crippen LogP contribution >= 0.6 is 11.3 Å². The molecule has 0 amide bonds. The van der Waals surface area contributed by atoms with Crippen molar-refractivity contribution in [3.63, 3.8) is 0 Å². The van der Waals surface area contributed by atoms with Gasteiger partial charge in [0.05, 0.1) is 0 Å². The van der Waals surface area contributed by atoms with Gasteiger partial charge in [0, 0.05) is 74.1 Å². The summed E-state index contributed by atoms with van der Waals surface area (Å²) < 4.78 is 2.07. The van der Waals surface area contributed by atoms with E-state index in [0.29, 0.717) is 11.8 Å². The van der Waals surface area contributed by atoms with Crippen LogP contribution in [-0.4, -0.2) is 36.7 Å². The van der Waals surface area contributed by atoms with Crippen LogP contribution in [0.1, 0.15) is 22.9 Å². The highest BCUT2D eigenvalue weighted by molar-refractivity contribution is 7.09. The zero-order valence-electron chi connectivity index (χ0n) is 17.0. The molecule has 1 fully saturated rings. The third-order valence-electron chi connectivity index (χ3n) is 6.32. The van der Waals surface area contributed by atoms with E-state index in [1.165, 1.54) is 33.8 Å². The molecule has 0 spiro atoms. The molecule has 3 aromatic rings. The number of fused-ring (bicyclic) bond motifs is 4. The van der Waals surface area contributed by atoms with Gasteiger partial charge in [-0.15, -0.1) is 11.3 Å². The Bertz CT molecular complexity index is 1050. The Morgan fingerprint density at radius 2 is 1.86 bits per heavy atom. The van der Waals surface area contributed by atoms with Gasteiger partial charge < -0.3 is 9.47 Å². The van der Waals surface area contributed by atoms with E-state index in [2.05, 4.69) is 70.2 Å². The summed E-state index contributed by atoms with van der Waals surface area (Å²) in [7, 11) is 4.12. The largest absolute Gasteiger partial charge is 0.378 e. The van der Waals surface area contributed by atoms with E-state index < -0.39 is 0 Å². The number of piperidine rings is 1. The first-order chi connectivity index (χ1) is 14.1. The maximum atomic E-state index is 12.7. The van der Waals surface area contributed by atoms with Crippen molar-refractivity contribution in [2.45, 2.75) is 25.4 Å². The highest BCUT2D eigenvalue weighted by Crippen LogP contribution is 2.40. The Balaban J connectivity index is 1.51. The monoisotopic (exact) mass is 405 g/mol. The Morgan fingerprint density at radius 3 is 2.59 bits per heavy atom. The van der Waals surface area contributed by atoms with E-state index in [-0.39, 0.29) is 5.56 Å². The molecule has 1 aromatic carbocycles. The van der Waals surface area contributed by atoms with Gasteiger partial charge in [0.1, 0.15) is 0 Å². The molecular weight excluding hydrogens is 378 g/mol. The highest BCUT2D eigenvalue weighted by Gasteiger charge is 2.36. The number of aromatic nitrogens is 1. The van der Waals surface area contributed by atoms with Crippen LogP contribution in [0.15, 0.2) is 58.7 Å². The van der Waals surface area contributed by atoms with Crippen LogP contribution in [0.4, 0.5) is 5.69 Å². The molecule has 0 unspecified atom stereocenters. The van der Waals surface area contributed by atoms with E-state index >= 15 is 0 Å². The van der Waals surface area contributed by atoms with Gasteiger partial charge in [-0.1, -0.05) is 18.2 Å². The lowest BCUT2D eigenvalue weighted by atomic mass is 9.80. The first-order valence-corrected chi connectivity index (χ1v) is 11.2. The molecule has 0 saturated carbocycles. The molecule has 2 bridgehead atoms. The number of nitrogens with zero attached hydrogens (tertiary/aromatic N) is 3. The number of benzene rings is 1. The van der Waals surface area contributed by atoms with Gasteiger partial charge in [-0.05, 0) is 47.5 Å².